The van der Waals surface area contributed by atoms with Crippen LogP contribution in [0.2, 0.25) is 0 Å². The molecule has 0 unspecified atom stereocenters. The Labute approximate surface area is 116 Å². The van der Waals surface area contributed by atoms with E-state index in [0.29, 0.717) is 10.9 Å². The molecule has 18 heavy (non-hydrogen) atoms. The Kier molecular flexibility index (Phi) is 6.30. The average molecular weight is 264 g/mol. The first-order valence-electron chi connectivity index (χ1n) is 6.53. The van der Waals surface area contributed by atoms with Crippen molar-refractivity contribution >= 4 is 17.2 Å². The highest BCUT2D eigenvalue weighted by molar-refractivity contribution is 7.80. The van der Waals surface area contributed by atoms with E-state index in [4.69, 9.17) is 18.0 Å². The average Bonchev–Trinajstić information content (AvgIpc) is 2.28. The number of benzene rings is 1. The normalized spacial score (nSPS) is 11.2. The summed E-state index contributed by atoms with van der Waals surface area (Å²) < 4.78 is 0. The highest BCUT2D eigenvalue weighted by Crippen LogP contribution is 2.09. The fourth-order valence-electron chi connectivity index (χ4n) is 1.97. The minimum Gasteiger partial charge on any atom is -0.393 e. The molecule has 2 N–H and O–H groups in total. The monoisotopic (exact) mass is 264 g/mol. The molecule has 0 aliphatic carbocycles. The van der Waals surface area contributed by atoms with Crippen molar-refractivity contribution in [3.63, 3.8) is 0 Å². The highest BCUT2D eigenvalue weighted by Gasteiger charge is 2.08. The molecule has 1 rings (SSSR count). The second-order valence-electron chi connectivity index (χ2n) is 5.33. The van der Waals surface area contributed by atoms with Crippen LogP contribution in [0.3, 0.4) is 0 Å². The lowest BCUT2D eigenvalue weighted by molar-refractivity contribution is 0.243. The van der Waals surface area contributed by atoms with Gasteiger partial charge in [0.1, 0.15) is 0 Å². The maximum atomic E-state index is 5.59. The molecule has 0 saturated heterocycles. The molecule has 0 bridgehead atoms. The second-order valence-corrected chi connectivity index (χ2v) is 5.86. The number of rotatable bonds is 7. The Balaban J connectivity index is 2.59. The summed E-state index contributed by atoms with van der Waals surface area (Å²) in [6, 6.07) is 8.72. The summed E-state index contributed by atoms with van der Waals surface area (Å²) >= 11 is 4.96. The minimum atomic E-state index is 0.604. The summed E-state index contributed by atoms with van der Waals surface area (Å²) in [6.07, 6.45) is 0.800. The molecule has 1 aromatic carbocycles. The summed E-state index contributed by atoms with van der Waals surface area (Å²) in [5.74, 6) is 0.654. The van der Waals surface area contributed by atoms with Crippen LogP contribution in [0.4, 0.5) is 0 Å². The van der Waals surface area contributed by atoms with Gasteiger partial charge in [0.2, 0.25) is 0 Å². The fourth-order valence-corrected chi connectivity index (χ4v) is 2.06. The maximum Gasteiger partial charge on any atom is 0.0740 e. The lowest BCUT2D eigenvalue weighted by Gasteiger charge is -2.24. The van der Waals surface area contributed by atoms with Crippen LogP contribution >= 0.6 is 12.2 Å². The second kappa shape index (κ2) is 7.49. The SMILES string of the molecule is Cc1ccc(CN(CCC(N)=S)CC(C)C)cc1. The first-order valence-corrected chi connectivity index (χ1v) is 6.94. The number of hydrogen-bond acceptors (Lipinski definition) is 2. The van der Waals surface area contributed by atoms with Gasteiger partial charge in [-0.1, -0.05) is 55.9 Å². The number of thiocarbonyl (C=S) groups is 1. The molecule has 1 aromatic rings. The summed E-state index contributed by atoms with van der Waals surface area (Å²) in [4.78, 5) is 3.03. The molecule has 0 aliphatic rings. The Morgan fingerprint density at radius 2 is 1.89 bits per heavy atom. The van der Waals surface area contributed by atoms with Crippen LogP contribution in [0.5, 0.6) is 0 Å². The summed E-state index contributed by atoms with van der Waals surface area (Å²) in [7, 11) is 0. The predicted molar refractivity (Wildman–Crippen MR) is 82.7 cm³/mol. The number of nitrogens with zero attached hydrogens (tertiary/aromatic N) is 1. The molecule has 0 heterocycles. The Bertz CT molecular complexity index is 371. The van der Waals surface area contributed by atoms with Gasteiger partial charge in [-0.15, -0.1) is 0 Å². The Hall–Kier alpha value is -0.930. The van der Waals surface area contributed by atoms with E-state index in [1.54, 1.807) is 0 Å². The van der Waals surface area contributed by atoms with Gasteiger partial charge < -0.3 is 5.73 Å². The van der Waals surface area contributed by atoms with Crippen molar-refractivity contribution in [2.24, 2.45) is 11.7 Å². The van der Waals surface area contributed by atoms with Crippen LogP contribution in [0, 0.1) is 12.8 Å². The van der Waals surface area contributed by atoms with Gasteiger partial charge in [0.15, 0.2) is 0 Å². The lowest BCUT2D eigenvalue weighted by Crippen LogP contribution is -2.30. The van der Waals surface area contributed by atoms with Crippen LogP contribution in [0.1, 0.15) is 31.4 Å². The molecule has 0 aromatic heterocycles. The first-order chi connectivity index (χ1) is 8.47. The quantitative estimate of drug-likeness (QED) is 0.767. The predicted octanol–water partition coefficient (Wildman–Crippen LogP) is 3.13. The maximum absolute atomic E-state index is 5.59. The number of nitrogens with two attached hydrogens (primary N) is 1. The molecule has 0 atom stereocenters. The van der Waals surface area contributed by atoms with Crippen molar-refractivity contribution in [2.45, 2.75) is 33.7 Å². The Morgan fingerprint density at radius 1 is 1.28 bits per heavy atom. The van der Waals surface area contributed by atoms with Crippen LogP contribution in [-0.4, -0.2) is 23.0 Å². The fraction of sp³-hybridized carbons (Fsp3) is 0.533. The summed E-state index contributed by atoms with van der Waals surface area (Å²) in [6.45, 7) is 9.59. The highest BCUT2D eigenvalue weighted by atomic mass is 32.1. The van der Waals surface area contributed by atoms with E-state index in [0.717, 1.165) is 26.1 Å². The van der Waals surface area contributed by atoms with E-state index in [9.17, 15) is 0 Å². The summed E-state index contributed by atoms with van der Waals surface area (Å²) in [5.41, 5.74) is 8.24. The van der Waals surface area contributed by atoms with Gasteiger partial charge in [-0.25, -0.2) is 0 Å². The van der Waals surface area contributed by atoms with Crippen molar-refractivity contribution in [3.05, 3.63) is 35.4 Å². The van der Waals surface area contributed by atoms with Gasteiger partial charge >= 0.3 is 0 Å². The zero-order valence-corrected chi connectivity index (χ0v) is 12.5. The zero-order chi connectivity index (χ0) is 13.5. The van der Waals surface area contributed by atoms with Crippen molar-refractivity contribution in [1.82, 2.24) is 4.90 Å². The molecule has 0 spiro atoms. The van der Waals surface area contributed by atoms with Crippen LogP contribution in [-0.2, 0) is 6.54 Å². The van der Waals surface area contributed by atoms with E-state index in [1.807, 2.05) is 0 Å². The number of hydrogen-bond donors (Lipinski definition) is 1. The molecule has 2 nitrogen and oxygen atoms in total. The van der Waals surface area contributed by atoms with Crippen molar-refractivity contribution < 1.29 is 0 Å². The molecule has 0 saturated carbocycles. The van der Waals surface area contributed by atoms with E-state index >= 15 is 0 Å². The third kappa shape index (κ3) is 6.12. The molecule has 0 aliphatic heterocycles. The topological polar surface area (TPSA) is 29.3 Å². The molecule has 0 fully saturated rings. The summed E-state index contributed by atoms with van der Waals surface area (Å²) in [5, 5.41) is 0. The zero-order valence-electron chi connectivity index (χ0n) is 11.6. The van der Waals surface area contributed by atoms with Crippen LogP contribution < -0.4 is 5.73 Å². The molecule has 0 radical (unpaired) electrons. The molecule has 3 heteroatoms. The van der Waals surface area contributed by atoms with Gasteiger partial charge in [0, 0.05) is 26.1 Å². The largest absolute Gasteiger partial charge is 0.393 e. The molecular weight excluding hydrogens is 240 g/mol. The third-order valence-corrected chi connectivity index (χ3v) is 3.03. The van der Waals surface area contributed by atoms with Crippen molar-refractivity contribution in [1.29, 1.82) is 0 Å². The van der Waals surface area contributed by atoms with E-state index in [1.165, 1.54) is 11.1 Å². The molecular formula is C15H24N2S. The smallest absolute Gasteiger partial charge is 0.0740 e. The minimum absolute atomic E-state index is 0.604. The van der Waals surface area contributed by atoms with Gasteiger partial charge in [0.25, 0.3) is 0 Å². The van der Waals surface area contributed by atoms with Gasteiger partial charge in [0.05, 0.1) is 4.99 Å². The van der Waals surface area contributed by atoms with E-state index in [2.05, 4.69) is 49.9 Å². The van der Waals surface area contributed by atoms with E-state index < -0.39 is 0 Å². The Morgan fingerprint density at radius 3 is 2.39 bits per heavy atom. The van der Waals surface area contributed by atoms with Crippen LogP contribution in [0.15, 0.2) is 24.3 Å². The lowest BCUT2D eigenvalue weighted by atomic mass is 10.1. The molecule has 100 valence electrons. The third-order valence-electron chi connectivity index (χ3n) is 2.82. The standard InChI is InChI=1S/C15H24N2S/c1-12(2)10-17(9-8-15(16)18)11-14-6-4-13(3)5-7-14/h4-7,12H,8-11H2,1-3H3,(H2,16,18). The number of aryl methyl sites for hydroxylation is 1. The van der Waals surface area contributed by atoms with E-state index in [-0.39, 0.29) is 0 Å². The van der Waals surface area contributed by atoms with Crippen molar-refractivity contribution in [2.75, 3.05) is 13.1 Å². The van der Waals surface area contributed by atoms with Gasteiger partial charge in [-0.05, 0) is 18.4 Å². The van der Waals surface area contributed by atoms with Crippen molar-refractivity contribution in [3.8, 4) is 0 Å². The first kappa shape index (κ1) is 15.1. The molecule has 0 amide bonds. The van der Waals surface area contributed by atoms with Gasteiger partial charge in [-0.2, -0.15) is 0 Å². The van der Waals surface area contributed by atoms with Crippen LogP contribution in [0.25, 0.3) is 0 Å². The van der Waals surface area contributed by atoms with Gasteiger partial charge in [-0.3, -0.25) is 4.90 Å².